The number of ether oxygens (including phenoxy) is 2. The van der Waals surface area contributed by atoms with E-state index in [1.807, 2.05) is 31.2 Å². The zero-order valence-corrected chi connectivity index (χ0v) is 16.7. The standard InChI is InChI=1S/C21H18F2N2O4S/c1-13-5-7-15(8-6-13)24-18(26)10-19-25-16(12-30-19)11-28-20(27)14-3-2-4-17(9-14)29-21(22)23/h2-9,12,21H,10-11H2,1H3,(H,24,26). The zero-order chi connectivity index (χ0) is 21.5. The summed E-state index contributed by atoms with van der Waals surface area (Å²) in [5.74, 6) is -1.02. The molecule has 1 aromatic heterocycles. The zero-order valence-electron chi connectivity index (χ0n) is 15.9. The number of aromatic nitrogens is 1. The fourth-order valence-electron chi connectivity index (χ4n) is 2.50. The van der Waals surface area contributed by atoms with Crippen LogP contribution in [0.25, 0.3) is 0 Å². The van der Waals surface area contributed by atoms with Crippen molar-refractivity contribution >= 4 is 28.9 Å². The van der Waals surface area contributed by atoms with Crippen molar-refractivity contribution in [2.45, 2.75) is 26.6 Å². The van der Waals surface area contributed by atoms with Gasteiger partial charge in [-0.05, 0) is 37.3 Å². The van der Waals surface area contributed by atoms with Crippen molar-refractivity contribution in [2.75, 3.05) is 5.32 Å². The fourth-order valence-corrected chi connectivity index (χ4v) is 3.28. The fraction of sp³-hybridized carbons (Fsp3) is 0.190. The summed E-state index contributed by atoms with van der Waals surface area (Å²) >= 11 is 1.28. The summed E-state index contributed by atoms with van der Waals surface area (Å²) in [4.78, 5) is 28.5. The molecule has 9 heteroatoms. The Labute approximate surface area is 175 Å². The number of thiazole rings is 1. The van der Waals surface area contributed by atoms with Crippen molar-refractivity contribution < 1.29 is 27.8 Å². The summed E-state index contributed by atoms with van der Waals surface area (Å²) in [6.45, 7) is -1.12. The van der Waals surface area contributed by atoms with E-state index in [0.29, 0.717) is 16.4 Å². The number of aryl methyl sites for hydroxylation is 1. The van der Waals surface area contributed by atoms with Crippen LogP contribution in [0.3, 0.4) is 0 Å². The predicted octanol–water partition coefficient (Wildman–Crippen LogP) is 4.59. The number of nitrogens with zero attached hydrogens (tertiary/aromatic N) is 1. The van der Waals surface area contributed by atoms with Crippen molar-refractivity contribution in [1.82, 2.24) is 4.98 Å². The van der Waals surface area contributed by atoms with Crippen LogP contribution in [-0.2, 0) is 22.6 Å². The average molecular weight is 432 g/mol. The van der Waals surface area contributed by atoms with Gasteiger partial charge in [-0.2, -0.15) is 8.78 Å². The van der Waals surface area contributed by atoms with Gasteiger partial charge >= 0.3 is 12.6 Å². The minimum Gasteiger partial charge on any atom is -0.456 e. The third kappa shape index (κ3) is 6.35. The first-order valence-corrected chi connectivity index (χ1v) is 9.79. The van der Waals surface area contributed by atoms with Crippen LogP contribution in [0.5, 0.6) is 5.75 Å². The molecule has 3 aromatic rings. The summed E-state index contributed by atoms with van der Waals surface area (Å²) in [7, 11) is 0. The smallest absolute Gasteiger partial charge is 0.387 e. The Morgan fingerprint density at radius 2 is 1.93 bits per heavy atom. The Balaban J connectivity index is 1.51. The molecule has 1 amide bonds. The molecular weight excluding hydrogens is 414 g/mol. The van der Waals surface area contributed by atoms with Crippen LogP contribution in [0, 0.1) is 6.92 Å². The highest BCUT2D eigenvalue weighted by Crippen LogP contribution is 2.18. The number of rotatable bonds is 8. The van der Waals surface area contributed by atoms with Crippen molar-refractivity contribution in [2.24, 2.45) is 0 Å². The molecule has 0 saturated carbocycles. The molecule has 0 saturated heterocycles. The van der Waals surface area contributed by atoms with E-state index in [-0.39, 0.29) is 30.2 Å². The van der Waals surface area contributed by atoms with Gasteiger partial charge in [-0.1, -0.05) is 23.8 Å². The first kappa shape index (κ1) is 21.4. The van der Waals surface area contributed by atoms with Crippen LogP contribution in [-0.4, -0.2) is 23.5 Å². The Kier molecular flexibility index (Phi) is 7.08. The summed E-state index contributed by atoms with van der Waals surface area (Å²) in [6, 6.07) is 12.8. The van der Waals surface area contributed by atoms with Crippen LogP contribution in [0.4, 0.5) is 14.5 Å². The number of hydrogen-bond donors (Lipinski definition) is 1. The van der Waals surface area contributed by atoms with E-state index >= 15 is 0 Å². The van der Waals surface area contributed by atoms with Gasteiger partial charge in [0.05, 0.1) is 17.7 Å². The molecule has 0 aliphatic rings. The first-order chi connectivity index (χ1) is 14.4. The predicted molar refractivity (Wildman–Crippen MR) is 108 cm³/mol. The lowest BCUT2D eigenvalue weighted by Crippen LogP contribution is -2.14. The number of hydrogen-bond acceptors (Lipinski definition) is 6. The molecule has 0 bridgehead atoms. The van der Waals surface area contributed by atoms with Gasteiger partial charge in [0.1, 0.15) is 17.4 Å². The van der Waals surface area contributed by atoms with E-state index in [9.17, 15) is 18.4 Å². The number of halogens is 2. The third-order valence-corrected chi connectivity index (χ3v) is 4.79. The highest BCUT2D eigenvalue weighted by atomic mass is 32.1. The number of benzene rings is 2. The second-order valence-electron chi connectivity index (χ2n) is 6.31. The number of carbonyl (C=O) groups is 2. The number of alkyl halides is 2. The van der Waals surface area contributed by atoms with E-state index < -0.39 is 12.6 Å². The summed E-state index contributed by atoms with van der Waals surface area (Å²) in [5, 5.41) is 5.07. The van der Waals surface area contributed by atoms with E-state index in [1.54, 1.807) is 5.38 Å². The molecule has 1 N–H and O–H groups in total. The van der Waals surface area contributed by atoms with E-state index in [0.717, 1.165) is 5.56 Å². The number of carbonyl (C=O) groups excluding carboxylic acids is 2. The van der Waals surface area contributed by atoms with Gasteiger partial charge in [0.25, 0.3) is 0 Å². The second-order valence-corrected chi connectivity index (χ2v) is 7.25. The monoisotopic (exact) mass is 432 g/mol. The normalized spacial score (nSPS) is 10.7. The van der Waals surface area contributed by atoms with E-state index in [1.165, 1.54) is 35.6 Å². The van der Waals surface area contributed by atoms with Gasteiger partial charge in [-0.3, -0.25) is 4.79 Å². The van der Waals surface area contributed by atoms with Crippen molar-refractivity contribution in [3.63, 3.8) is 0 Å². The van der Waals surface area contributed by atoms with Crippen molar-refractivity contribution in [1.29, 1.82) is 0 Å². The topological polar surface area (TPSA) is 77.5 Å². The van der Waals surface area contributed by atoms with Gasteiger partial charge in [0.2, 0.25) is 5.91 Å². The summed E-state index contributed by atoms with van der Waals surface area (Å²) in [6.07, 6.45) is 0.0967. The number of amides is 1. The second kappa shape index (κ2) is 9.93. The van der Waals surface area contributed by atoms with Gasteiger partial charge in [-0.15, -0.1) is 11.3 Å². The van der Waals surface area contributed by atoms with Gasteiger partial charge < -0.3 is 14.8 Å². The largest absolute Gasteiger partial charge is 0.456 e. The molecule has 0 aliphatic carbocycles. The molecule has 1 heterocycles. The lowest BCUT2D eigenvalue weighted by molar-refractivity contribution is -0.115. The van der Waals surface area contributed by atoms with Crippen LogP contribution in [0.15, 0.2) is 53.9 Å². The number of esters is 1. The molecular formula is C21H18F2N2O4S. The van der Waals surface area contributed by atoms with Gasteiger partial charge in [0, 0.05) is 11.1 Å². The average Bonchev–Trinajstić information content (AvgIpc) is 3.14. The molecule has 156 valence electrons. The molecule has 0 spiro atoms. The first-order valence-electron chi connectivity index (χ1n) is 8.91. The maximum Gasteiger partial charge on any atom is 0.387 e. The maximum atomic E-state index is 12.3. The Morgan fingerprint density at radius 1 is 1.17 bits per heavy atom. The summed E-state index contributed by atoms with van der Waals surface area (Å²) in [5.41, 5.74) is 2.38. The molecule has 2 aromatic carbocycles. The van der Waals surface area contributed by atoms with Gasteiger partial charge in [-0.25, -0.2) is 9.78 Å². The van der Waals surface area contributed by atoms with Crippen LogP contribution in [0.1, 0.15) is 26.6 Å². The molecule has 0 fully saturated rings. The van der Waals surface area contributed by atoms with Crippen molar-refractivity contribution in [3.8, 4) is 5.75 Å². The summed E-state index contributed by atoms with van der Waals surface area (Å²) < 4.78 is 34.0. The van der Waals surface area contributed by atoms with Crippen LogP contribution >= 0.6 is 11.3 Å². The number of anilines is 1. The van der Waals surface area contributed by atoms with Crippen LogP contribution < -0.4 is 10.1 Å². The third-order valence-electron chi connectivity index (χ3n) is 3.89. The molecule has 0 atom stereocenters. The lowest BCUT2D eigenvalue weighted by atomic mass is 10.2. The Hall–Kier alpha value is -3.33. The SMILES string of the molecule is Cc1ccc(NC(=O)Cc2nc(COC(=O)c3cccc(OC(F)F)c3)cs2)cc1. The molecule has 30 heavy (non-hydrogen) atoms. The molecule has 6 nitrogen and oxygen atoms in total. The maximum absolute atomic E-state index is 12.3. The number of nitrogens with one attached hydrogen (secondary N) is 1. The van der Waals surface area contributed by atoms with Crippen molar-refractivity contribution in [3.05, 3.63) is 75.7 Å². The van der Waals surface area contributed by atoms with Crippen LogP contribution in [0.2, 0.25) is 0 Å². The molecule has 3 rings (SSSR count). The lowest BCUT2D eigenvalue weighted by Gasteiger charge is -2.07. The highest BCUT2D eigenvalue weighted by molar-refractivity contribution is 7.09. The Bertz CT molecular complexity index is 1020. The molecule has 0 unspecified atom stereocenters. The van der Waals surface area contributed by atoms with E-state index in [2.05, 4.69) is 15.0 Å². The quantitative estimate of drug-likeness (QED) is 0.527. The minimum atomic E-state index is -2.98. The van der Waals surface area contributed by atoms with E-state index in [4.69, 9.17) is 4.74 Å². The Morgan fingerprint density at radius 3 is 2.67 bits per heavy atom. The molecule has 0 radical (unpaired) electrons. The highest BCUT2D eigenvalue weighted by Gasteiger charge is 2.13. The molecule has 0 aliphatic heterocycles. The minimum absolute atomic E-state index is 0.0843. The van der Waals surface area contributed by atoms with Gasteiger partial charge in [0.15, 0.2) is 0 Å².